The molecule has 0 bridgehead atoms. The summed E-state index contributed by atoms with van der Waals surface area (Å²) in [6, 6.07) is 21.7. The van der Waals surface area contributed by atoms with Crippen LogP contribution < -0.4 is 20.1 Å². The SMILES string of the molecule is CC(C)OC(=O)C(C)NP(COc1ccc(Cn2c(COC(N)=O)nc(C(C)C)c2Sc2cc(Cl)cc(Cl)c2)cc1)Oc1ccccc1. The first-order chi connectivity index (χ1) is 22.9. The predicted octanol–water partition coefficient (Wildman–Crippen LogP) is 8.77. The molecule has 2 atom stereocenters. The van der Waals surface area contributed by atoms with Gasteiger partial charge in [-0.3, -0.25) is 4.79 Å². The molecular weight excluding hydrogens is 694 g/mol. The van der Waals surface area contributed by atoms with E-state index in [2.05, 4.69) is 5.09 Å². The first-order valence-electron chi connectivity index (χ1n) is 15.2. The third-order valence-corrected chi connectivity index (χ3v) is 9.58. The van der Waals surface area contributed by atoms with Crippen LogP contribution in [0.25, 0.3) is 0 Å². The number of carbonyl (C=O) groups is 2. The van der Waals surface area contributed by atoms with Crippen LogP contribution in [0, 0.1) is 0 Å². The molecule has 0 radical (unpaired) electrons. The Morgan fingerprint density at radius 2 is 1.62 bits per heavy atom. The lowest BCUT2D eigenvalue weighted by Gasteiger charge is -2.23. The number of nitrogens with one attached hydrogen (secondary N) is 1. The second kappa shape index (κ2) is 17.8. The van der Waals surface area contributed by atoms with E-state index < -0.39 is 20.4 Å². The molecule has 0 saturated heterocycles. The van der Waals surface area contributed by atoms with Crippen LogP contribution in [-0.2, 0) is 27.4 Å². The van der Waals surface area contributed by atoms with Crippen molar-refractivity contribution in [2.24, 2.45) is 5.73 Å². The molecule has 2 unspecified atom stereocenters. The summed E-state index contributed by atoms with van der Waals surface area (Å²) in [5.41, 5.74) is 7.08. The maximum absolute atomic E-state index is 12.5. The maximum atomic E-state index is 12.5. The van der Waals surface area contributed by atoms with Crippen molar-refractivity contribution in [3.8, 4) is 11.5 Å². The van der Waals surface area contributed by atoms with Crippen LogP contribution in [0.15, 0.2) is 82.7 Å². The highest BCUT2D eigenvalue weighted by Gasteiger charge is 2.24. The van der Waals surface area contributed by atoms with Crippen LogP contribution in [0.1, 0.15) is 57.6 Å². The molecule has 0 spiro atoms. The van der Waals surface area contributed by atoms with Gasteiger partial charge in [-0.25, -0.2) is 14.9 Å². The van der Waals surface area contributed by atoms with Gasteiger partial charge in [0.2, 0.25) is 8.30 Å². The third-order valence-electron chi connectivity index (χ3n) is 6.58. The molecule has 10 nitrogen and oxygen atoms in total. The van der Waals surface area contributed by atoms with E-state index in [0.29, 0.717) is 33.9 Å². The topological polar surface area (TPSA) is 127 Å². The fraction of sp³-hybridized carbons (Fsp3) is 0.324. The quantitative estimate of drug-likeness (QED) is 0.0859. The van der Waals surface area contributed by atoms with Crippen molar-refractivity contribution in [1.29, 1.82) is 0 Å². The van der Waals surface area contributed by atoms with Gasteiger partial charge >= 0.3 is 12.1 Å². The molecule has 4 rings (SSSR count). The number of hydrogen-bond donors (Lipinski definition) is 2. The lowest BCUT2D eigenvalue weighted by molar-refractivity contribution is -0.148. The molecule has 3 aromatic carbocycles. The van der Waals surface area contributed by atoms with Crippen LogP contribution >= 0.6 is 43.3 Å². The van der Waals surface area contributed by atoms with Gasteiger partial charge in [-0.1, -0.05) is 79.1 Å². The minimum absolute atomic E-state index is 0.0723. The molecule has 256 valence electrons. The number of nitrogens with two attached hydrogens (primary N) is 1. The van der Waals surface area contributed by atoms with Crippen molar-refractivity contribution in [3.05, 3.63) is 99.9 Å². The fourth-order valence-electron chi connectivity index (χ4n) is 4.40. The molecule has 0 aliphatic rings. The number of aromatic nitrogens is 2. The number of ether oxygens (including phenoxy) is 3. The predicted molar refractivity (Wildman–Crippen MR) is 190 cm³/mol. The van der Waals surface area contributed by atoms with Gasteiger partial charge in [-0.2, -0.15) is 0 Å². The molecule has 3 N–H and O–H groups in total. The van der Waals surface area contributed by atoms with Crippen LogP contribution in [-0.4, -0.2) is 40.1 Å². The molecule has 48 heavy (non-hydrogen) atoms. The summed E-state index contributed by atoms with van der Waals surface area (Å²) in [5, 5.41) is 5.13. The van der Waals surface area contributed by atoms with Crippen molar-refractivity contribution in [3.63, 3.8) is 0 Å². The Balaban J connectivity index is 1.54. The van der Waals surface area contributed by atoms with Crippen molar-refractivity contribution in [1.82, 2.24) is 14.6 Å². The van der Waals surface area contributed by atoms with Crippen molar-refractivity contribution in [2.75, 3.05) is 6.35 Å². The number of rotatable bonds is 16. The normalized spacial score (nSPS) is 12.5. The summed E-state index contributed by atoms with van der Waals surface area (Å²) in [4.78, 5) is 29.7. The summed E-state index contributed by atoms with van der Waals surface area (Å²) in [6.07, 6.45) is -0.932. The van der Waals surface area contributed by atoms with E-state index in [-0.39, 0.29) is 30.9 Å². The van der Waals surface area contributed by atoms with E-state index in [0.717, 1.165) is 21.2 Å². The Morgan fingerprint density at radius 1 is 0.958 bits per heavy atom. The number of benzene rings is 3. The zero-order valence-electron chi connectivity index (χ0n) is 27.3. The number of primary amides is 1. The number of carbonyl (C=O) groups excluding carboxylic acids is 2. The number of amides is 1. The Kier molecular flexibility index (Phi) is 13.8. The Morgan fingerprint density at radius 3 is 2.23 bits per heavy atom. The largest absolute Gasteiger partial charge is 0.484 e. The van der Waals surface area contributed by atoms with E-state index in [9.17, 15) is 9.59 Å². The van der Waals surface area contributed by atoms with Crippen LogP contribution in [0.5, 0.6) is 11.5 Å². The Hall–Kier alpha value is -3.47. The van der Waals surface area contributed by atoms with Gasteiger partial charge < -0.3 is 29.0 Å². The molecule has 0 aliphatic carbocycles. The smallest absolute Gasteiger partial charge is 0.404 e. The zero-order chi connectivity index (χ0) is 34.8. The molecule has 1 amide bonds. The summed E-state index contributed by atoms with van der Waals surface area (Å²) < 4.78 is 24.8. The van der Waals surface area contributed by atoms with E-state index in [1.807, 2.05) is 85.1 Å². The summed E-state index contributed by atoms with van der Waals surface area (Å²) in [7, 11) is -1.41. The second-order valence-electron chi connectivity index (χ2n) is 11.3. The minimum Gasteiger partial charge on any atom is -0.484 e. The molecule has 0 saturated carbocycles. The van der Waals surface area contributed by atoms with E-state index in [1.54, 1.807) is 26.8 Å². The summed E-state index contributed by atoms with van der Waals surface area (Å²) in [6.45, 7) is 9.78. The number of para-hydroxylation sites is 1. The third kappa shape index (κ3) is 11.3. The summed E-state index contributed by atoms with van der Waals surface area (Å²) in [5.74, 6) is 1.54. The Labute approximate surface area is 296 Å². The average Bonchev–Trinajstić information content (AvgIpc) is 3.35. The number of esters is 1. The van der Waals surface area contributed by atoms with Gasteiger partial charge in [0.1, 0.15) is 28.4 Å². The van der Waals surface area contributed by atoms with E-state index in [4.69, 9.17) is 52.7 Å². The van der Waals surface area contributed by atoms with Crippen LogP contribution in [0.3, 0.4) is 0 Å². The fourth-order valence-corrected chi connectivity index (χ4v) is 7.68. The monoisotopic (exact) mass is 732 g/mol. The highest BCUT2D eigenvalue weighted by Crippen LogP contribution is 2.38. The lowest BCUT2D eigenvalue weighted by Crippen LogP contribution is -2.35. The van der Waals surface area contributed by atoms with Gasteiger partial charge in [-0.05, 0) is 74.7 Å². The molecule has 1 aromatic heterocycles. The molecule has 4 aromatic rings. The van der Waals surface area contributed by atoms with Crippen LogP contribution in [0.4, 0.5) is 4.79 Å². The van der Waals surface area contributed by atoms with Crippen molar-refractivity contribution >= 4 is 55.3 Å². The van der Waals surface area contributed by atoms with E-state index in [1.165, 1.54) is 11.8 Å². The average molecular weight is 734 g/mol. The first kappa shape index (κ1) is 37.4. The second-order valence-corrected chi connectivity index (χ2v) is 14.7. The molecule has 1 heterocycles. The highest BCUT2D eigenvalue weighted by molar-refractivity contribution is 7.99. The van der Waals surface area contributed by atoms with E-state index >= 15 is 0 Å². The van der Waals surface area contributed by atoms with Gasteiger partial charge in [0.05, 0.1) is 11.8 Å². The first-order valence-corrected chi connectivity index (χ1v) is 18.2. The number of halogens is 2. The molecule has 0 aliphatic heterocycles. The highest BCUT2D eigenvalue weighted by atomic mass is 35.5. The number of hydrogen-bond acceptors (Lipinski definition) is 9. The maximum Gasteiger partial charge on any atom is 0.404 e. The van der Waals surface area contributed by atoms with Crippen molar-refractivity contribution < 1.29 is 28.3 Å². The van der Waals surface area contributed by atoms with Gasteiger partial charge in [0, 0.05) is 21.5 Å². The Bertz CT molecular complexity index is 1650. The van der Waals surface area contributed by atoms with Crippen molar-refractivity contribution in [2.45, 2.75) is 75.8 Å². The number of nitrogens with zero attached hydrogens (tertiary/aromatic N) is 2. The van der Waals surface area contributed by atoms with Crippen LogP contribution in [0.2, 0.25) is 10.0 Å². The lowest BCUT2D eigenvalue weighted by atomic mass is 10.1. The van der Waals surface area contributed by atoms with Gasteiger partial charge in [-0.15, -0.1) is 0 Å². The molecule has 0 fully saturated rings. The van der Waals surface area contributed by atoms with Gasteiger partial charge in [0.15, 0.2) is 13.0 Å². The number of imidazole rings is 1. The standard InChI is InChI=1S/C34H39Cl2N4O6PS/c1-21(2)31-32(48-29-16-25(35)15-26(36)17-29)40(30(38-31)19-43-34(37)42)18-24-11-13-27(14-12-24)44-20-47(46-28-9-7-6-8-10-28)39-23(5)33(41)45-22(3)4/h6-17,21-23,39H,18-20H2,1-5H3,(H2,37,42). The van der Waals surface area contributed by atoms with Gasteiger partial charge in [0.25, 0.3) is 0 Å². The minimum atomic E-state index is -1.41. The zero-order valence-corrected chi connectivity index (χ0v) is 30.5. The molecule has 14 heteroatoms. The summed E-state index contributed by atoms with van der Waals surface area (Å²) >= 11 is 14.1. The molecular formula is C34H39Cl2N4O6PS.